The lowest BCUT2D eigenvalue weighted by Crippen LogP contribution is -2.44. The van der Waals surface area contributed by atoms with E-state index < -0.39 is 0 Å². The van der Waals surface area contributed by atoms with Crippen molar-refractivity contribution < 1.29 is 9.59 Å². The number of carbonyl (C=O) groups is 2. The summed E-state index contributed by atoms with van der Waals surface area (Å²) >= 11 is 0. The van der Waals surface area contributed by atoms with Gasteiger partial charge in [0.05, 0.1) is 0 Å². The van der Waals surface area contributed by atoms with Gasteiger partial charge in [-0.15, -0.1) is 0 Å². The van der Waals surface area contributed by atoms with Crippen LogP contribution in [-0.2, 0) is 9.59 Å². The highest BCUT2D eigenvalue weighted by atomic mass is 16.2. The standard InChI is InChI=1S/C11H22N2O2/c1-6-8(2)10(15)13-12-9(14)7-11(3,4)5/h8H,6-7H2,1-5H3,(H,12,14)(H,13,15)/t8-/m0/s1. The smallest absolute Gasteiger partial charge is 0.241 e. The van der Waals surface area contributed by atoms with Crippen molar-refractivity contribution in [2.24, 2.45) is 11.3 Å². The highest BCUT2D eigenvalue weighted by Gasteiger charge is 2.17. The predicted molar refractivity (Wildman–Crippen MR) is 59.8 cm³/mol. The van der Waals surface area contributed by atoms with Crippen LogP contribution in [0.5, 0.6) is 0 Å². The van der Waals surface area contributed by atoms with E-state index >= 15 is 0 Å². The number of hydrogen-bond acceptors (Lipinski definition) is 2. The molecule has 0 saturated carbocycles. The van der Waals surface area contributed by atoms with E-state index in [0.29, 0.717) is 6.42 Å². The molecule has 2 amide bonds. The number of amides is 2. The van der Waals surface area contributed by atoms with Crippen molar-refractivity contribution in [2.45, 2.75) is 47.5 Å². The maximum atomic E-state index is 11.3. The van der Waals surface area contributed by atoms with Crippen molar-refractivity contribution in [3.05, 3.63) is 0 Å². The molecule has 1 atom stereocenters. The molecular formula is C11H22N2O2. The fourth-order valence-corrected chi connectivity index (χ4v) is 0.966. The van der Waals surface area contributed by atoms with Crippen molar-refractivity contribution >= 4 is 11.8 Å². The maximum absolute atomic E-state index is 11.3. The first-order chi connectivity index (χ1) is 6.76. The number of hydrazine groups is 1. The van der Waals surface area contributed by atoms with Gasteiger partial charge in [0, 0.05) is 12.3 Å². The van der Waals surface area contributed by atoms with Gasteiger partial charge in [-0.2, -0.15) is 0 Å². The van der Waals surface area contributed by atoms with Gasteiger partial charge in [0.25, 0.3) is 0 Å². The maximum Gasteiger partial charge on any atom is 0.241 e. The van der Waals surface area contributed by atoms with Crippen molar-refractivity contribution in [3.63, 3.8) is 0 Å². The van der Waals surface area contributed by atoms with E-state index in [4.69, 9.17) is 0 Å². The summed E-state index contributed by atoms with van der Waals surface area (Å²) in [5, 5.41) is 0. The van der Waals surface area contributed by atoms with Crippen molar-refractivity contribution in [1.82, 2.24) is 10.9 Å². The summed E-state index contributed by atoms with van der Waals surface area (Å²) in [6.45, 7) is 9.68. The zero-order valence-corrected chi connectivity index (χ0v) is 10.3. The Morgan fingerprint density at radius 1 is 1.20 bits per heavy atom. The first-order valence-corrected chi connectivity index (χ1v) is 5.35. The van der Waals surface area contributed by atoms with Gasteiger partial charge in [-0.3, -0.25) is 20.4 Å². The van der Waals surface area contributed by atoms with E-state index in [0.717, 1.165) is 6.42 Å². The Kier molecular flexibility index (Phi) is 5.33. The molecule has 0 saturated heterocycles. The molecule has 0 fully saturated rings. The first-order valence-electron chi connectivity index (χ1n) is 5.35. The summed E-state index contributed by atoms with van der Waals surface area (Å²) in [6.07, 6.45) is 1.16. The molecule has 0 spiro atoms. The molecule has 0 unspecified atom stereocenters. The van der Waals surface area contributed by atoms with Crippen LogP contribution >= 0.6 is 0 Å². The van der Waals surface area contributed by atoms with Crippen molar-refractivity contribution in [2.75, 3.05) is 0 Å². The van der Waals surface area contributed by atoms with Gasteiger partial charge in [0.2, 0.25) is 11.8 Å². The van der Waals surface area contributed by atoms with Crippen LogP contribution in [0.3, 0.4) is 0 Å². The van der Waals surface area contributed by atoms with E-state index in [2.05, 4.69) is 10.9 Å². The molecule has 0 aromatic rings. The number of nitrogens with one attached hydrogen (secondary N) is 2. The Hall–Kier alpha value is -1.06. The zero-order chi connectivity index (χ0) is 12.1. The minimum absolute atomic E-state index is 0.0643. The highest BCUT2D eigenvalue weighted by Crippen LogP contribution is 2.17. The summed E-state index contributed by atoms with van der Waals surface area (Å²) in [6, 6.07) is 0. The third kappa shape index (κ3) is 6.94. The lowest BCUT2D eigenvalue weighted by molar-refractivity contribution is -0.131. The van der Waals surface area contributed by atoms with Crippen LogP contribution in [0, 0.1) is 11.3 Å². The molecule has 0 bridgehead atoms. The third-order valence-electron chi connectivity index (χ3n) is 2.08. The van der Waals surface area contributed by atoms with Crippen LogP contribution < -0.4 is 10.9 Å². The average Bonchev–Trinajstić information content (AvgIpc) is 2.10. The fourth-order valence-electron chi connectivity index (χ4n) is 0.966. The molecule has 0 heterocycles. The molecule has 2 N–H and O–H groups in total. The molecule has 0 rings (SSSR count). The van der Waals surface area contributed by atoms with Gasteiger partial charge in [-0.25, -0.2) is 0 Å². The summed E-state index contributed by atoms with van der Waals surface area (Å²) in [4.78, 5) is 22.7. The number of carbonyl (C=O) groups excluding carboxylic acids is 2. The van der Waals surface area contributed by atoms with Gasteiger partial charge in [-0.05, 0) is 11.8 Å². The number of rotatable bonds is 3. The molecule has 0 aromatic heterocycles. The van der Waals surface area contributed by atoms with Gasteiger partial charge < -0.3 is 0 Å². The zero-order valence-electron chi connectivity index (χ0n) is 10.3. The lowest BCUT2D eigenvalue weighted by Gasteiger charge is -2.18. The van der Waals surface area contributed by atoms with Crippen LogP contribution in [0.25, 0.3) is 0 Å². The molecule has 4 heteroatoms. The fraction of sp³-hybridized carbons (Fsp3) is 0.818. The van der Waals surface area contributed by atoms with Gasteiger partial charge >= 0.3 is 0 Å². The van der Waals surface area contributed by atoms with E-state index in [1.54, 1.807) is 0 Å². The summed E-state index contributed by atoms with van der Waals surface area (Å²) < 4.78 is 0. The van der Waals surface area contributed by atoms with E-state index in [1.807, 2.05) is 34.6 Å². The summed E-state index contributed by atoms with van der Waals surface area (Å²) in [5.41, 5.74) is 4.77. The van der Waals surface area contributed by atoms with Crippen molar-refractivity contribution in [3.8, 4) is 0 Å². The monoisotopic (exact) mass is 214 g/mol. The van der Waals surface area contributed by atoms with Gasteiger partial charge in [-0.1, -0.05) is 34.6 Å². The van der Waals surface area contributed by atoms with E-state index in [1.165, 1.54) is 0 Å². The van der Waals surface area contributed by atoms with E-state index in [9.17, 15) is 9.59 Å². The molecule has 15 heavy (non-hydrogen) atoms. The Bertz CT molecular complexity index is 231. The van der Waals surface area contributed by atoms with Crippen LogP contribution in [0.1, 0.15) is 47.5 Å². The summed E-state index contributed by atoms with van der Waals surface area (Å²) in [7, 11) is 0. The third-order valence-corrected chi connectivity index (χ3v) is 2.08. The van der Waals surface area contributed by atoms with Crippen LogP contribution in [0.2, 0.25) is 0 Å². The highest BCUT2D eigenvalue weighted by molar-refractivity contribution is 5.83. The second kappa shape index (κ2) is 5.73. The molecule has 0 aliphatic rings. The molecule has 0 aliphatic heterocycles. The van der Waals surface area contributed by atoms with E-state index in [-0.39, 0.29) is 23.1 Å². The van der Waals surface area contributed by atoms with Crippen LogP contribution in [-0.4, -0.2) is 11.8 Å². The molecule has 4 nitrogen and oxygen atoms in total. The molecular weight excluding hydrogens is 192 g/mol. The van der Waals surface area contributed by atoms with Crippen molar-refractivity contribution in [1.29, 1.82) is 0 Å². The Morgan fingerprint density at radius 3 is 2.13 bits per heavy atom. The molecule has 0 aromatic carbocycles. The van der Waals surface area contributed by atoms with Gasteiger partial charge in [0.15, 0.2) is 0 Å². The van der Waals surface area contributed by atoms with Crippen LogP contribution in [0.15, 0.2) is 0 Å². The van der Waals surface area contributed by atoms with Gasteiger partial charge in [0.1, 0.15) is 0 Å². The number of hydrogen-bond donors (Lipinski definition) is 2. The molecule has 0 aliphatic carbocycles. The lowest BCUT2D eigenvalue weighted by atomic mass is 9.92. The largest absolute Gasteiger partial charge is 0.273 e. The van der Waals surface area contributed by atoms with Crippen LogP contribution in [0.4, 0.5) is 0 Å². The molecule has 88 valence electrons. The Labute approximate surface area is 91.8 Å². The minimum Gasteiger partial charge on any atom is -0.273 e. The predicted octanol–water partition coefficient (Wildman–Crippen LogP) is 1.62. The quantitative estimate of drug-likeness (QED) is 0.701. The second-order valence-corrected chi connectivity index (χ2v) is 5.08. The topological polar surface area (TPSA) is 58.2 Å². The summed E-state index contributed by atoms with van der Waals surface area (Å²) in [5.74, 6) is -0.362. The SMILES string of the molecule is CC[C@H](C)C(=O)NNC(=O)CC(C)(C)C. The molecule has 0 radical (unpaired) electrons. The Morgan fingerprint density at radius 2 is 1.73 bits per heavy atom. The normalized spacial score (nSPS) is 13.1. The first kappa shape index (κ1) is 13.9. The Balaban J connectivity index is 3.87. The second-order valence-electron chi connectivity index (χ2n) is 5.08. The average molecular weight is 214 g/mol. The minimum atomic E-state index is -0.154.